The lowest BCUT2D eigenvalue weighted by molar-refractivity contribution is -0.130. The van der Waals surface area contributed by atoms with Crippen LogP contribution in [0.3, 0.4) is 0 Å². The first kappa shape index (κ1) is 15.1. The standard InChI is InChI=1S/C18H27NO/c1-14(20)19-10-8-15(9-11-19)12-16-6-5-7-17(13-16)18(2,3)4/h5-7,13,15H,8-12H2,1-4H3. The molecule has 0 N–H and O–H groups in total. The molecule has 20 heavy (non-hydrogen) atoms. The molecule has 1 heterocycles. The van der Waals surface area contributed by atoms with Crippen molar-refractivity contribution in [3.8, 4) is 0 Å². The summed E-state index contributed by atoms with van der Waals surface area (Å²) in [4.78, 5) is 13.3. The molecule has 0 spiro atoms. The fourth-order valence-electron chi connectivity index (χ4n) is 2.95. The van der Waals surface area contributed by atoms with Gasteiger partial charge in [-0.15, -0.1) is 0 Å². The van der Waals surface area contributed by atoms with E-state index in [2.05, 4.69) is 45.0 Å². The molecular formula is C18H27NO. The van der Waals surface area contributed by atoms with Gasteiger partial charge in [-0.05, 0) is 41.7 Å². The van der Waals surface area contributed by atoms with E-state index in [0.717, 1.165) is 38.3 Å². The van der Waals surface area contributed by atoms with E-state index >= 15 is 0 Å². The quantitative estimate of drug-likeness (QED) is 0.803. The molecule has 2 nitrogen and oxygen atoms in total. The number of carbonyl (C=O) groups is 1. The van der Waals surface area contributed by atoms with Crippen molar-refractivity contribution >= 4 is 5.91 Å². The van der Waals surface area contributed by atoms with E-state index in [-0.39, 0.29) is 11.3 Å². The van der Waals surface area contributed by atoms with Crippen molar-refractivity contribution in [3.63, 3.8) is 0 Å². The first-order valence-electron chi connectivity index (χ1n) is 7.71. The maximum Gasteiger partial charge on any atom is 0.219 e. The molecule has 0 bridgehead atoms. The number of amides is 1. The van der Waals surface area contributed by atoms with Gasteiger partial charge in [0.1, 0.15) is 0 Å². The van der Waals surface area contributed by atoms with E-state index in [0.29, 0.717) is 0 Å². The summed E-state index contributed by atoms with van der Waals surface area (Å²) in [6.45, 7) is 10.3. The molecule has 0 aliphatic carbocycles. The topological polar surface area (TPSA) is 20.3 Å². The van der Waals surface area contributed by atoms with Crippen LogP contribution in [0.4, 0.5) is 0 Å². The smallest absolute Gasteiger partial charge is 0.219 e. The SMILES string of the molecule is CC(=O)N1CCC(Cc2cccc(C(C)(C)C)c2)CC1. The Kier molecular flexibility index (Phi) is 4.52. The first-order chi connectivity index (χ1) is 9.36. The minimum atomic E-state index is 0.216. The Morgan fingerprint density at radius 1 is 1.25 bits per heavy atom. The molecule has 0 radical (unpaired) electrons. The third-order valence-corrected chi connectivity index (χ3v) is 4.38. The van der Waals surface area contributed by atoms with Crippen molar-refractivity contribution in [3.05, 3.63) is 35.4 Å². The molecule has 1 aliphatic heterocycles. The van der Waals surface area contributed by atoms with Crippen LogP contribution >= 0.6 is 0 Å². The van der Waals surface area contributed by atoms with Crippen molar-refractivity contribution in [2.45, 2.75) is 52.4 Å². The van der Waals surface area contributed by atoms with Gasteiger partial charge in [-0.25, -0.2) is 0 Å². The average molecular weight is 273 g/mol. The van der Waals surface area contributed by atoms with Gasteiger partial charge < -0.3 is 4.90 Å². The van der Waals surface area contributed by atoms with Gasteiger partial charge in [0.15, 0.2) is 0 Å². The Labute approximate surface area is 123 Å². The monoisotopic (exact) mass is 273 g/mol. The highest BCUT2D eigenvalue weighted by atomic mass is 16.2. The number of benzene rings is 1. The number of nitrogens with zero attached hydrogens (tertiary/aromatic N) is 1. The van der Waals surface area contributed by atoms with Gasteiger partial charge in [0.05, 0.1) is 0 Å². The number of likely N-dealkylation sites (tertiary alicyclic amines) is 1. The van der Waals surface area contributed by atoms with E-state index in [4.69, 9.17) is 0 Å². The second kappa shape index (κ2) is 5.99. The Balaban J connectivity index is 1.96. The molecule has 0 atom stereocenters. The molecule has 110 valence electrons. The van der Waals surface area contributed by atoms with Crippen LogP contribution in [-0.2, 0) is 16.6 Å². The summed E-state index contributed by atoms with van der Waals surface area (Å²) in [5, 5.41) is 0. The van der Waals surface area contributed by atoms with Crippen LogP contribution in [0.15, 0.2) is 24.3 Å². The summed E-state index contributed by atoms with van der Waals surface area (Å²) in [6, 6.07) is 9.01. The lowest BCUT2D eigenvalue weighted by Gasteiger charge is -2.31. The predicted molar refractivity (Wildman–Crippen MR) is 83.8 cm³/mol. The summed E-state index contributed by atoms with van der Waals surface area (Å²) in [7, 11) is 0. The lowest BCUT2D eigenvalue weighted by Crippen LogP contribution is -2.37. The molecule has 2 heteroatoms. The van der Waals surface area contributed by atoms with Gasteiger partial charge in [-0.3, -0.25) is 4.79 Å². The number of rotatable bonds is 2. The second-order valence-electron chi connectivity index (χ2n) is 7.10. The highest BCUT2D eigenvalue weighted by Gasteiger charge is 2.21. The highest BCUT2D eigenvalue weighted by Crippen LogP contribution is 2.26. The fourth-order valence-corrected chi connectivity index (χ4v) is 2.95. The Bertz CT molecular complexity index is 465. The molecule has 1 aromatic rings. The van der Waals surface area contributed by atoms with Crippen molar-refractivity contribution in [1.82, 2.24) is 4.90 Å². The summed E-state index contributed by atoms with van der Waals surface area (Å²) in [5.41, 5.74) is 3.07. The van der Waals surface area contributed by atoms with Crippen LogP contribution in [0, 0.1) is 5.92 Å². The number of hydrogen-bond donors (Lipinski definition) is 0. The third-order valence-electron chi connectivity index (χ3n) is 4.38. The third kappa shape index (κ3) is 3.84. The molecule has 0 aromatic heterocycles. The van der Waals surface area contributed by atoms with Crippen LogP contribution in [0.1, 0.15) is 51.7 Å². The van der Waals surface area contributed by atoms with Gasteiger partial charge in [-0.2, -0.15) is 0 Å². The lowest BCUT2D eigenvalue weighted by atomic mass is 9.84. The molecule has 1 amide bonds. The number of piperidine rings is 1. The molecule has 0 saturated carbocycles. The van der Waals surface area contributed by atoms with E-state index in [1.54, 1.807) is 6.92 Å². The predicted octanol–water partition coefficient (Wildman–Crippen LogP) is 3.79. The molecule has 0 unspecified atom stereocenters. The highest BCUT2D eigenvalue weighted by molar-refractivity contribution is 5.73. The summed E-state index contributed by atoms with van der Waals surface area (Å²) < 4.78 is 0. The molecule has 2 rings (SSSR count). The average Bonchev–Trinajstić information content (AvgIpc) is 2.38. The van der Waals surface area contributed by atoms with Crippen LogP contribution in [0.2, 0.25) is 0 Å². The molecule has 1 saturated heterocycles. The minimum Gasteiger partial charge on any atom is -0.343 e. The van der Waals surface area contributed by atoms with E-state index < -0.39 is 0 Å². The number of hydrogen-bond acceptors (Lipinski definition) is 1. The van der Waals surface area contributed by atoms with E-state index in [9.17, 15) is 4.79 Å². The van der Waals surface area contributed by atoms with Crippen molar-refractivity contribution < 1.29 is 4.79 Å². The normalized spacial score (nSPS) is 17.3. The van der Waals surface area contributed by atoms with Gasteiger partial charge in [0, 0.05) is 20.0 Å². The maximum atomic E-state index is 11.3. The van der Waals surface area contributed by atoms with Crippen molar-refractivity contribution in [2.75, 3.05) is 13.1 Å². The van der Waals surface area contributed by atoms with Gasteiger partial charge in [0.25, 0.3) is 0 Å². The number of carbonyl (C=O) groups excluding carboxylic acids is 1. The second-order valence-corrected chi connectivity index (χ2v) is 7.10. The van der Waals surface area contributed by atoms with Crippen LogP contribution in [0.25, 0.3) is 0 Å². The fraction of sp³-hybridized carbons (Fsp3) is 0.611. The van der Waals surface area contributed by atoms with Gasteiger partial charge >= 0.3 is 0 Å². The van der Waals surface area contributed by atoms with Gasteiger partial charge in [-0.1, -0.05) is 45.0 Å². The summed E-state index contributed by atoms with van der Waals surface area (Å²) in [6.07, 6.45) is 3.42. The van der Waals surface area contributed by atoms with Crippen molar-refractivity contribution in [1.29, 1.82) is 0 Å². The van der Waals surface area contributed by atoms with Crippen molar-refractivity contribution in [2.24, 2.45) is 5.92 Å². The Morgan fingerprint density at radius 2 is 1.90 bits per heavy atom. The zero-order valence-corrected chi connectivity index (χ0v) is 13.3. The molecule has 1 fully saturated rings. The van der Waals surface area contributed by atoms with E-state index in [1.165, 1.54) is 11.1 Å². The largest absolute Gasteiger partial charge is 0.343 e. The molecule has 1 aromatic carbocycles. The van der Waals surface area contributed by atoms with Crippen LogP contribution in [0.5, 0.6) is 0 Å². The van der Waals surface area contributed by atoms with E-state index in [1.807, 2.05) is 4.90 Å². The first-order valence-corrected chi connectivity index (χ1v) is 7.71. The Hall–Kier alpha value is -1.31. The summed E-state index contributed by atoms with van der Waals surface area (Å²) in [5.74, 6) is 0.944. The zero-order chi connectivity index (χ0) is 14.8. The zero-order valence-electron chi connectivity index (χ0n) is 13.3. The Morgan fingerprint density at radius 3 is 2.45 bits per heavy atom. The van der Waals surface area contributed by atoms with Gasteiger partial charge in [0.2, 0.25) is 5.91 Å². The molecule has 1 aliphatic rings. The minimum absolute atomic E-state index is 0.216. The molecular weight excluding hydrogens is 246 g/mol. The summed E-state index contributed by atoms with van der Waals surface area (Å²) >= 11 is 0. The van der Waals surface area contributed by atoms with Crippen LogP contribution < -0.4 is 0 Å². The van der Waals surface area contributed by atoms with Crippen LogP contribution in [-0.4, -0.2) is 23.9 Å². The maximum absolute atomic E-state index is 11.3.